The quantitative estimate of drug-likeness (QED) is 0.840. The first-order chi connectivity index (χ1) is 9.67. The normalized spacial score (nSPS) is 12.5. The van der Waals surface area contributed by atoms with E-state index in [-0.39, 0.29) is 0 Å². The maximum Gasteiger partial charge on any atom is 0.341 e. The monoisotopic (exact) mass is 320 g/mol. The van der Waals surface area contributed by atoms with Crippen LogP contribution < -0.4 is 11.1 Å². The maximum absolute atomic E-state index is 12.4. The highest BCUT2D eigenvalue weighted by atomic mass is 32.2. The number of carbonyl (C=O) groups is 1. The van der Waals surface area contributed by atoms with E-state index >= 15 is 0 Å². The molecule has 1 amide bonds. The minimum atomic E-state index is -4.63. The molecule has 0 radical (unpaired) electrons. The van der Waals surface area contributed by atoms with Gasteiger partial charge in [-0.25, -0.2) is 8.42 Å². The predicted molar refractivity (Wildman–Crippen MR) is 75.8 cm³/mol. The zero-order chi connectivity index (χ0) is 16.3. The summed E-state index contributed by atoms with van der Waals surface area (Å²) in [7, 11) is -4.63. The molecule has 0 atom stereocenters. The van der Waals surface area contributed by atoms with Crippen LogP contribution in [0, 0.1) is 0 Å². The second kappa shape index (κ2) is 6.48. The van der Waals surface area contributed by atoms with Crippen molar-refractivity contribution in [2.24, 2.45) is 5.73 Å². The topological polar surface area (TPSA) is 89.3 Å². The zero-order valence-corrected chi connectivity index (χ0v) is 12.6. The average Bonchev–Trinajstić information content (AvgIpc) is 2.46. The fourth-order valence-electron chi connectivity index (χ4n) is 1.66. The Morgan fingerprint density at radius 1 is 1.24 bits per heavy atom. The third-order valence-corrected chi connectivity index (χ3v) is 4.79. The van der Waals surface area contributed by atoms with E-state index in [1.54, 1.807) is 13.8 Å². The van der Waals surface area contributed by atoms with Gasteiger partial charge >= 0.3 is 5.76 Å². The second-order valence-electron chi connectivity index (χ2n) is 4.65. The number of hydrogen-bond acceptors (Lipinski definition) is 4. The van der Waals surface area contributed by atoms with E-state index in [2.05, 4.69) is 5.32 Å². The summed E-state index contributed by atoms with van der Waals surface area (Å²) in [5, 5.41) is 2.55. The summed E-state index contributed by atoms with van der Waals surface area (Å²) < 4.78 is 47.3. The smallest absolute Gasteiger partial charge is 0.324 e. The molecule has 0 aliphatic heterocycles. The minimum Gasteiger partial charge on any atom is -0.324 e. The third-order valence-electron chi connectivity index (χ3n) is 3.39. The van der Waals surface area contributed by atoms with Gasteiger partial charge in [0, 0.05) is 5.69 Å². The van der Waals surface area contributed by atoms with Crippen LogP contribution in [0.3, 0.4) is 0 Å². The van der Waals surface area contributed by atoms with Crippen molar-refractivity contribution in [2.75, 3.05) is 5.32 Å². The van der Waals surface area contributed by atoms with Crippen LogP contribution >= 0.6 is 0 Å². The number of carbonyl (C=O) groups excluding carboxylic acids is 1. The van der Waals surface area contributed by atoms with Gasteiger partial charge in [0.15, 0.2) is 0 Å². The Balaban J connectivity index is 2.93. The molecular weight excluding hydrogens is 302 g/mol. The van der Waals surface area contributed by atoms with Crippen LogP contribution in [0.2, 0.25) is 0 Å². The van der Waals surface area contributed by atoms with Gasteiger partial charge in [-0.15, -0.1) is 0 Å². The first-order valence-corrected chi connectivity index (χ1v) is 7.94. The Bertz CT molecular complexity index is 596. The Morgan fingerprint density at radius 2 is 1.71 bits per heavy atom. The van der Waals surface area contributed by atoms with Crippen molar-refractivity contribution in [1.82, 2.24) is 0 Å². The molecule has 3 N–H and O–H groups in total. The van der Waals surface area contributed by atoms with Gasteiger partial charge in [0.05, 0.1) is 10.4 Å². The Morgan fingerprint density at radius 3 is 2.10 bits per heavy atom. The summed E-state index contributed by atoms with van der Waals surface area (Å²) in [5.74, 6) is -3.88. The summed E-state index contributed by atoms with van der Waals surface area (Å²) in [6, 6.07) is 4.54. The molecule has 0 aliphatic carbocycles. The highest BCUT2D eigenvalue weighted by molar-refractivity contribution is 7.91. The second-order valence-corrected chi connectivity index (χ2v) is 6.57. The van der Waals surface area contributed by atoms with Gasteiger partial charge in [-0.2, -0.15) is 8.78 Å². The minimum absolute atomic E-state index is 0.296. The van der Waals surface area contributed by atoms with E-state index in [1.807, 2.05) is 0 Å². The van der Waals surface area contributed by atoms with Crippen LogP contribution in [-0.4, -0.2) is 25.6 Å². The van der Waals surface area contributed by atoms with Crippen molar-refractivity contribution in [3.63, 3.8) is 0 Å². The number of alkyl halides is 2. The number of halogens is 2. The van der Waals surface area contributed by atoms with E-state index < -0.39 is 31.9 Å². The molecule has 118 valence electrons. The van der Waals surface area contributed by atoms with Crippen molar-refractivity contribution in [1.29, 1.82) is 0 Å². The molecule has 0 unspecified atom stereocenters. The SMILES string of the molecule is CCC(N)(CC)C(=O)Nc1ccc(S(=O)(=O)C(F)F)cc1. The van der Waals surface area contributed by atoms with Gasteiger partial charge in [0.1, 0.15) is 0 Å². The highest BCUT2D eigenvalue weighted by Gasteiger charge is 2.30. The van der Waals surface area contributed by atoms with Crippen molar-refractivity contribution in [3.8, 4) is 0 Å². The molecule has 1 aromatic carbocycles. The Kier molecular flexibility index (Phi) is 5.41. The summed E-state index contributed by atoms with van der Waals surface area (Å²) in [5.41, 5.74) is 5.20. The van der Waals surface area contributed by atoms with Crippen LogP contribution in [0.15, 0.2) is 29.2 Å². The van der Waals surface area contributed by atoms with Crippen LogP contribution in [0.5, 0.6) is 0 Å². The molecular formula is C13H18F2N2O3S. The first-order valence-electron chi connectivity index (χ1n) is 6.40. The molecule has 1 aromatic rings. The number of benzene rings is 1. The van der Waals surface area contributed by atoms with E-state index in [0.717, 1.165) is 12.1 Å². The van der Waals surface area contributed by atoms with E-state index in [0.29, 0.717) is 18.5 Å². The van der Waals surface area contributed by atoms with Crippen molar-refractivity contribution in [2.45, 2.75) is 42.9 Å². The number of hydrogen-bond donors (Lipinski definition) is 2. The summed E-state index contributed by atoms with van der Waals surface area (Å²) in [6.07, 6.45) is 0.875. The standard InChI is InChI=1S/C13H18F2N2O3S/c1-3-13(16,4-2)11(18)17-9-5-7-10(8-6-9)21(19,20)12(14)15/h5-8,12H,3-4,16H2,1-2H3,(H,17,18). The Labute approximate surface area is 122 Å². The van der Waals surface area contributed by atoms with Crippen molar-refractivity contribution >= 4 is 21.4 Å². The van der Waals surface area contributed by atoms with Gasteiger partial charge in [0.25, 0.3) is 0 Å². The van der Waals surface area contributed by atoms with Crippen molar-refractivity contribution in [3.05, 3.63) is 24.3 Å². The molecule has 1 rings (SSSR count). The molecule has 21 heavy (non-hydrogen) atoms. The molecule has 0 fully saturated rings. The molecule has 0 bridgehead atoms. The molecule has 0 heterocycles. The lowest BCUT2D eigenvalue weighted by molar-refractivity contribution is -0.121. The van der Waals surface area contributed by atoms with E-state index in [1.165, 1.54) is 12.1 Å². The molecule has 0 saturated heterocycles. The average molecular weight is 320 g/mol. The lowest BCUT2D eigenvalue weighted by Gasteiger charge is -2.25. The van der Waals surface area contributed by atoms with Gasteiger partial charge in [-0.05, 0) is 37.1 Å². The first kappa shape index (κ1) is 17.5. The summed E-state index contributed by atoms with van der Waals surface area (Å²) >= 11 is 0. The number of nitrogens with one attached hydrogen (secondary N) is 1. The molecule has 8 heteroatoms. The summed E-state index contributed by atoms with van der Waals surface area (Å²) in [6.45, 7) is 3.56. The number of sulfone groups is 1. The molecule has 0 saturated carbocycles. The van der Waals surface area contributed by atoms with Gasteiger partial charge in [0.2, 0.25) is 15.7 Å². The van der Waals surface area contributed by atoms with Crippen LogP contribution in [0.1, 0.15) is 26.7 Å². The largest absolute Gasteiger partial charge is 0.341 e. The number of nitrogens with two attached hydrogens (primary N) is 1. The zero-order valence-electron chi connectivity index (χ0n) is 11.8. The van der Waals surface area contributed by atoms with E-state index in [4.69, 9.17) is 5.73 Å². The molecule has 0 aromatic heterocycles. The molecule has 5 nitrogen and oxygen atoms in total. The van der Waals surface area contributed by atoms with Crippen LogP contribution in [0.25, 0.3) is 0 Å². The number of anilines is 1. The van der Waals surface area contributed by atoms with Crippen LogP contribution in [0.4, 0.5) is 14.5 Å². The van der Waals surface area contributed by atoms with E-state index in [9.17, 15) is 22.0 Å². The van der Waals surface area contributed by atoms with Gasteiger partial charge in [-0.3, -0.25) is 4.79 Å². The predicted octanol–water partition coefficient (Wildman–Crippen LogP) is 2.14. The lowest BCUT2D eigenvalue weighted by Crippen LogP contribution is -2.50. The third kappa shape index (κ3) is 3.76. The highest BCUT2D eigenvalue weighted by Crippen LogP contribution is 2.21. The molecule has 0 aliphatic rings. The lowest BCUT2D eigenvalue weighted by atomic mass is 9.93. The van der Waals surface area contributed by atoms with Crippen molar-refractivity contribution < 1.29 is 22.0 Å². The summed E-state index contributed by atoms with van der Waals surface area (Å²) in [4.78, 5) is 11.5. The number of rotatable bonds is 6. The molecule has 0 spiro atoms. The maximum atomic E-state index is 12.4. The van der Waals surface area contributed by atoms with Gasteiger partial charge in [-0.1, -0.05) is 13.8 Å². The van der Waals surface area contributed by atoms with Gasteiger partial charge < -0.3 is 11.1 Å². The Hall–Kier alpha value is -1.54. The fourth-order valence-corrected chi connectivity index (χ4v) is 2.38. The fraction of sp³-hybridized carbons (Fsp3) is 0.462. The number of amides is 1. The van der Waals surface area contributed by atoms with Crippen LogP contribution in [-0.2, 0) is 14.6 Å².